The first kappa shape index (κ1) is 16.1. The zero-order valence-corrected chi connectivity index (χ0v) is 14.2. The van der Waals surface area contributed by atoms with E-state index in [1.54, 1.807) is 41.3 Å². The third kappa shape index (κ3) is 4.12. The van der Waals surface area contributed by atoms with Crippen molar-refractivity contribution in [2.75, 3.05) is 0 Å². The Hall–Kier alpha value is -1.25. The minimum atomic E-state index is -3.60. The summed E-state index contributed by atoms with van der Waals surface area (Å²) < 4.78 is 29.9. The third-order valence-electron chi connectivity index (χ3n) is 3.09. The van der Waals surface area contributed by atoms with Gasteiger partial charge in [-0.3, -0.25) is 4.68 Å². The van der Waals surface area contributed by atoms with Gasteiger partial charge in [0.25, 0.3) is 0 Å². The number of nitrogens with one attached hydrogen (secondary N) is 1. The van der Waals surface area contributed by atoms with Crippen LogP contribution in [0.5, 0.6) is 0 Å². The maximum Gasteiger partial charge on any atom is 0.242 e. The van der Waals surface area contributed by atoms with Gasteiger partial charge in [-0.25, -0.2) is 13.1 Å². The normalized spacial score (nSPS) is 13.5. The summed E-state index contributed by atoms with van der Waals surface area (Å²) in [6, 6.07) is 6.47. The van der Waals surface area contributed by atoms with Gasteiger partial charge >= 0.3 is 0 Å². The molecule has 0 spiro atoms. The van der Waals surface area contributed by atoms with E-state index in [9.17, 15) is 8.42 Å². The Bertz CT molecular complexity index is 686. The van der Waals surface area contributed by atoms with Gasteiger partial charge in [0.1, 0.15) is 0 Å². The number of aromatic nitrogens is 3. The summed E-state index contributed by atoms with van der Waals surface area (Å²) in [6.07, 6.45) is 3.28. The molecular weight excluding hydrogens is 356 g/mol. The Morgan fingerprint density at radius 2 is 2.05 bits per heavy atom. The lowest BCUT2D eigenvalue weighted by Gasteiger charge is -2.22. The molecule has 6 nitrogen and oxygen atoms in total. The zero-order valence-electron chi connectivity index (χ0n) is 11.8. The molecular formula is C13H17BrN4O2S. The predicted molar refractivity (Wildman–Crippen MR) is 83.1 cm³/mol. The average molecular weight is 373 g/mol. The number of sulfonamides is 1. The molecule has 0 bridgehead atoms. The first-order valence-electron chi connectivity index (χ1n) is 6.51. The summed E-state index contributed by atoms with van der Waals surface area (Å²) in [5.41, 5.74) is 0. The van der Waals surface area contributed by atoms with Crippen LogP contribution in [0, 0.1) is 5.92 Å². The van der Waals surface area contributed by atoms with E-state index in [1.807, 2.05) is 13.8 Å². The lowest BCUT2D eigenvalue weighted by molar-refractivity contribution is 0.378. The Balaban J connectivity index is 2.22. The van der Waals surface area contributed by atoms with Crippen molar-refractivity contribution < 1.29 is 8.42 Å². The molecule has 0 aliphatic carbocycles. The summed E-state index contributed by atoms with van der Waals surface area (Å²) in [6.45, 7) is 4.36. The van der Waals surface area contributed by atoms with E-state index in [0.717, 1.165) is 0 Å². The lowest BCUT2D eigenvalue weighted by atomic mass is 10.1. The largest absolute Gasteiger partial charge is 0.251 e. The molecule has 0 saturated heterocycles. The SMILES string of the molecule is CC(C)[C@@H](Cn1ccnn1)NS(=O)(=O)c1ccccc1Br. The first-order chi connectivity index (χ1) is 9.90. The molecule has 1 heterocycles. The molecule has 0 fully saturated rings. The van der Waals surface area contributed by atoms with E-state index in [-0.39, 0.29) is 16.9 Å². The standard InChI is InChI=1S/C13H17BrN4O2S/c1-10(2)12(9-18-8-7-15-17-18)16-21(19,20)13-6-4-3-5-11(13)14/h3-8,10,12,16H,9H2,1-2H3/t12-/m1/s1. The van der Waals surface area contributed by atoms with Gasteiger partial charge in [0.05, 0.1) is 17.6 Å². The Morgan fingerprint density at radius 1 is 1.33 bits per heavy atom. The summed E-state index contributed by atoms with van der Waals surface area (Å²) in [7, 11) is -3.60. The molecule has 0 aliphatic rings. The van der Waals surface area contributed by atoms with Gasteiger partial charge < -0.3 is 0 Å². The number of benzene rings is 1. The van der Waals surface area contributed by atoms with Crippen LogP contribution in [0.25, 0.3) is 0 Å². The van der Waals surface area contributed by atoms with Crippen molar-refractivity contribution in [3.63, 3.8) is 0 Å². The van der Waals surface area contributed by atoms with Crippen LogP contribution in [0.2, 0.25) is 0 Å². The minimum absolute atomic E-state index is 0.117. The molecule has 21 heavy (non-hydrogen) atoms. The van der Waals surface area contributed by atoms with Crippen LogP contribution < -0.4 is 4.72 Å². The molecule has 2 rings (SSSR count). The quantitative estimate of drug-likeness (QED) is 0.841. The second-order valence-electron chi connectivity index (χ2n) is 5.03. The summed E-state index contributed by atoms with van der Waals surface area (Å²) in [4.78, 5) is 0.231. The molecule has 114 valence electrons. The molecule has 0 radical (unpaired) electrons. The van der Waals surface area contributed by atoms with Gasteiger partial charge in [-0.1, -0.05) is 31.2 Å². The van der Waals surface area contributed by atoms with Crippen LogP contribution in [0.4, 0.5) is 0 Å². The highest BCUT2D eigenvalue weighted by Gasteiger charge is 2.24. The maximum absolute atomic E-state index is 12.5. The van der Waals surface area contributed by atoms with Crippen LogP contribution in [0.1, 0.15) is 13.8 Å². The Morgan fingerprint density at radius 3 is 2.62 bits per heavy atom. The van der Waals surface area contributed by atoms with Crippen LogP contribution in [0.3, 0.4) is 0 Å². The highest BCUT2D eigenvalue weighted by atomic mass is 79.9. The number of rotatable bonds is 6. The average Bonchev–Trinajstić information content (AvgIpc) is 2.91. The van der Waals surface area contributed by atoms with Crippen molar-refractivity contribution in [1.29, 1.82) is 0 Å². The van der Waals surface area contributed by atoms with Crippen molar-refractivity contribution in [3.8, 4) is 0 Å². The minimum Gasteiger partial charge on any atom is -0.251 e. The number of hydrogen-bond donors (Lipinski definition) is 1. The zero-order chi connectivity index (χ0) is 15.5. The molecule has 1 aromatic carbocycles. The second-order valence-corrected chi connectivity index (χ2v) is 7.56. The fourth-order valence-corrected chi connectivity index (χ4v) is 4.22. The Kier molecular flexibility index (Phi) is 5.13. The molecule has 1 atom stereocenters. The fraction of sp³-hybridized carbons (Fsp3) is 0.385. The summed E-state index contributed by atoms with van der Waals surface area (Å²) in [5, 5.41) is 7.61. The summed E-state index contributed by atoms with van der Waals surface area (Å²) >= 11 is 3.27. The van der Waals surface area contributed by atoms with Crippen molar-refractivity contribution in [2.24, 2.45) is 5.92 Å². The van der Waals surface area contributed by atoms with Crippen LogP contribution in [-0.4, -0.2) is 29.5 Å². The van der Waals surface area contributed by atoms with Crippen LogP contribution in [-0.2, 0) is 16.6 Å². The molecule has 0 unspecified atom stereocenters. The topological polar surface area (TPSA) is 76.9 Å². The van der Waals surface area contributed by atoms with Gasteiger partial charge in [0.15, 0.2) is 0 Å². The van der Waals surface area contributed by atoms with E-state index in [2.05, 4.69) is 31.0 Å². The second kappa shape index (κ2) is 6.67. The van der Waals surface area contributed by atoms with Gasteiger partial charge in [-0.2, -0.15) is 0 Å². The van der Waals surface area contributed by atoms with Crippen molar-refractivity contribution in [3.05, 3.63) is 41.1 Å². The highest BCUT2D eigenvalue weighted by Crippen LogP contribution is 2.22. The lowest BCUT2D eigenvalue weighted by Crippen LogP contribution is -2.41. The maximum atomic E-state index is 12.5. The monoisotopic (exact) mass is 372 g/mol. The molecule has 0 amide bonds. The molecule has 2 aromatic rings. The number of hydrogen-bond acceptors (Lipinski definition) is 4. The predicted octanol–water partition coefficient (Wildman–Crippen LogP) is 2.04. The molecule has 1 aromatic heterocycles. The number of nitrogens with zero attached hydrogens (tertiary/aromatic N) is 3. The fourth-order valence-electron chi connectivity index (χ4n) is 1.84. The van der Waals surface area contributed by atoms with Crippen LogP contribution in [0.15, 0.2) is 46.0 Å². The van der Waals surface area contributed by atoms with E-state index in [4.69, 9.17) is 0 Å². The third-order valence-corrected chi connectivity index (χ3v) is 5.60. The van der Waals surface area contributed by atoms with E-state index in [0.29, 0.717) is 11.0 Å². The van der Waals surface area contributed by atoms with Crippen molar-refractivity contribution in [2.45, 2.75) is 31.3 Å². The van der Waals surface area contributed by atoms with E-state index < -0.39 is 10.0 Å². The summed E-state index contributed by atoms with van der Waals surface area (Å²) in [5.74, 6) is 0.117. The highest BCUT2D eigenvalue weighted by molar-refractivity contribution is 9.10. The first-order valence-corrected chi connectivity index (χ1v) is 8.78. The Labute approximate surface area is 132 Å². The van der Waals surface area contributed by atoms with Gasteiger partial charge in [-0.05, 0) is 34.0 Å². The molecule has 8 heteroatoms. The van der Waals surface area contributed by atoms with E-state index >= 15 is 0 Å². The molecule has 0 saturated carbocycles. The molecule has 1 N–H and O–H groups in total. The van der Waals surface area contributed by atoms with Crippen LogP contribution >= 0.6 is 15.9 Å². The molecule has 0 aliphatic heterocycles. The van der Waals surface area contributed by atoms with Crippen molar-refractivity contribution in [1.82, 2.24) is 19.7 Å². The smallest absolute Gasteiger partial charge is 0.242 e. The van der Waals surface area contributed by atoms with E-state index in [1.165, 1.54) is 0 Å². The van der Waals surface area contributed by atoms with Gasteiger partial charge in [-0.15, -0.1) is 5.10 Å². The van der Waals surface area contributed by atoms with Gasteiger partial charge in [0.2, 0.25) is 10.0 Å². The number of halogens is 1. The van der Waals surface area contributed by atoms with Crippen molar-refractivity contribution >= 4 is 26.0 Å². The van der Waals surface area contributed by atoms with Gasteiger partial charge in [0, 0.05) is 16.7 Å².